The van der Waals surface area contributed by atoms with Crippen LogP contribution in [0, 0.1) is 0 Å². The number of carbonyl (C=O) groups excluding carboxylic acids is 1. The van der Waals surface area contributed by atoms with E-state index in [1.165, 1.54) is 0 Å². The summed E-state index contributed by atoms with van der Waals surface area (Å²) in [6, 6.07) is 6.83. The van der Waals surface area contributed by atoms with Crippen LogP contribution in [0.5, 0.6) is 0 Å². The van der Waals surface area contributed by atoms with E-state index in [0.29, 0.717) is 22.5 Å². The van der Waals surface area contributed by atoms with Gasteiger partial charge in [0.1, 0.15) is 0 Å². The molecule has 0 saturated heterocycles. The zero-order valence-corrected chi connectivity index (χ0v) is 9.81. The van der Waals surface area contributed by atoms with E-state index in [4.69, 9.17) is 11.5 Å². The molecule has 1 rings (SSSR count). The molecule has 0 aliphatic rings. The van der Waals surface area contributed by atoms with Crippen LogP contribution in [0.1, 0.15) is 17.3 Å². The first-order valence-corrected chi connectivity index (χ1v) is 5.21. The highest BCUT2D eigenvalue weighted by Crippen LogP contribution is 2.13. The highest BCUT2D eigenvalue weighted by molar-refractivity contribution is 6.11. The molecule has 0 radical (unpaired) electrons. The largest absolute Gasteiger partial charge is 0.402 e. The summed E-state index contributed by atoms with van der Waals surface area (Å²) in [6.07, 6.45) is 4.80. The first kappa shape index (κ1) is 12.8. The summed E-state index contributed by atoms with van der Waals surface area (Å²) >= 11 is 0. The van der Waals surface area contributed by atoms with E-state index in [2.05, 4.69) is 6.58 Å². The second-order valence-electron chi connectivity index (χ2n) is 3.70. The lowest BCUT2D eigenvalue weighted by Crippen LogP contribution is -2.04. The van der Waals surface area contributed by atoms with E-state index in [-0.39, 0.29) is 5.78 Å². The Hall–Kier alpha value is -2.29. The summed E-state index contributed by atoms with van der Waals surface area (Å²) in [5.41, 5.74) is 13.4. The first-order valence-electron chi connectivity index (χ1n) is 5.21. The Morgan fingerprint density at radius 2 is 2.12 bits per heavy atom. The molecule has 4 N–H and O–H groups in total. The Labute approximate surface area is 101 Å². The highest BCUT2D eigenvalue weighted by Gasteiger charge is 2.09. The van der Waals surface area contributed by atoms with Crippen molar-refractivity contribution in [1.82, 2.24) is 0 Å². The average molecular weight is 228 g/mol. The molecule has 0 atom stereocenters. The molecule has 0 bridgehead atoms. The maximum absolute atomic E-state index is 12.2. The number of rotatable bonds is 4. The van der Waals surface area contributed by atoms with Gasteiger partial charge < -0.3 is 11.5 Å². The third-order valence-electron chi connectivity index (χ3n) is 2.09. The fourth-order valence-electron chi connectivity index (χ4n) is 1.41. The van der Waals surface area contributed by atoms with E-state index in [1.54, 1.807) is 49.4 Å². The van der Waals surface area contributed by atoms with Crippen LogP contribution in [0.25, 0.3) is 0 Å². The van der Waals surface area contributed by atoms with Crippen LogP contribution in [0.2, 0.25) is 0 Å². The Morgan fingerprint density at radius 3 is 2.65 bits per heavy atom. The molecule has 0 spiro atoms. The summed E-state index contributed by atoms with van der Waals surface area (Å²) in [4.78, 5) is 12.2. The Morgan fingerprint density at radius 1 is 1.41 bits per heavy atom. The van der Waals surface area contributed by atoms with E-state index in [0.717, 1.165) is 0 Å². The van der Waals surface area contributed by atoms with Crippen LogP contribution in [-0.2, 0) is 0 Å². The SMILES string of the molecule is C=C/C=C(\C=C(/C)N)C(=O)c1cccc(N)c1. The van der Waals surface area contributed by atoms with Crippen molar-refractivity contribution in [3.05, 3.63) is 65.9 Å². The molecule has 0 fully saturated rings. The monoisotopic (exact) mass is 228 g/mol. The molecular weight excluding hydrogens is 212 g/mol. The second kappa shape index (κ2) is 5.70. The zero-order chi connectivity index (χ0) is 12.8. The lowest BCUT2D eigenvalue weighted by Gasteiger charge is -2.03. The number of hydrogen-bond acceptors (Lipinski definition) is 3. The van der Waals surface area contributed by atoms with Crippen molar-refractivity contribution in [2.24, 2.45) is 5.73 Å². The first-order chi connectivity index (χ1) is 8.04. The van der Waals surface area contributed by atoms with Crippen LogP contribution in [0.4, 0.5) is 5.69 Å². The molecule has 0 aliphatic carbocycles. The fraction of sp³-hybridized carbons (Fsp3) is 0.0714. The van der Waals surface area contributed by atoms with Gasteiger partial charge in [-0.1, -0.05) is 30.9 Å². The lowest BCUT2D eigenvalue weighted by atomic mass is 10.0. The Balaban J connectivity index is 3.13. The standard InChI is InChI=1S/C14H16N2O/c1-3-5-11(8-10(2)15)14(17)12-6-4-7-13(16)9-12/h3-9H,1,15-16H2,2H3/b10-8+,11-5+. The van der Waals surface area contributed by atoms with Crippen molar-refractivity contribution in [2.75, 3.05) is 5.73 Å². The molecule has 0 aliphatic heterocycles. The molecule has 0 aromatic heterocycles. The van der Waals surface area contributed by atoms with Gasteiger partial charge >= 0.3 is 0 Å². The van der Waals surface area contributed by atoms with Crippen molar-refractivity contribution in [3.8, 4) is 0 Å². The van der Waals surface area contributed by atoms with Crippen LogP contribution >= 0.6 is 0 Å². The average Bonchev–Trinajstić information content (AvgIpc) is 2.27. The topological polar surface area (TPSA) is 69.1 Å². The van der Waals surface area contributed by atoms with Crippen LogP contribution in [0.3, 0.4) is 0 Å². The van der Waals surface area contributed by atoms with Crippen molar-refractivity contribution >= 4 is 11.5 Å². The number of allylic oxidation sites excluding steroid dienone is 5. The molecule has 0 amide bonds. The molecule has 3 nitrogen and oxygen atoms in total. The van der Waals surface area contributed by atoms with E-state index in [9.17, 15) is 4.79 Å². The predicted molar refractivity (Wildman–Crippen MR) is 71.4 cm³/mol. The number of hydrogen-bond donors (Lipinski definition) is 2. The van der Waals surface area contributed by atoms with Gasteiger partial charge in [0, 0.05) is 22.5 Å². The predicted octanol–water partition coefficient (Wildman–Crippen LogP) is 2.43. The van der Waals surface area contributed by atoms with Gasteiger partial charge in [-0.25, -0.2) is 0 Å². The lowest BCUT2D eigenvalue weighted by molar-refractivity contribution is 0.103. The number of nitrogens with two attached hydrogens (primary N) is 2. The molecule has 88 valence electrons. The number of Topliss-reactive ketones (excluding diaryl/α,β-unsaturated/α-hetero) is 1. The summed E-state index contributed by atoms with van der Waals surface area (Å²) < 4.78 is 0. The van der Waals surface area contributed by atoms with Gasteiger partial charge in [0.15, 0.2) is 5.78 Å². The third kappa shape index (κ3) is 3.65. The number of anilines is 1. The minimum Gasteiger partial charge on any atom is -0.402 e. The summed E-state index contributed by atoms with van der Waals surface area (Å²) in [6.45, 7) is 5.30. The van der Waals surface area contributed by atoms with E-state index < -0.39 is 0 Å². The molecular formula is C14H16N2O. The molecule has 1 aromatic carbocycles. The molecule has 0 saturated carbocycles. The minimum absolute atomic E-state index is 0.123. The fourth-order valence-corrected chi connectivity index (χ4v) is 1.41. The second-order valence-corrected chi connectivity index (χ2v) is 3.70. The van der Waals surface area contributed by atoms with Gasteiger partial charge in [0.05, 0.1) is 0 Å². The molecule has 0 unspecified atom stereocenters. The normalized spacial score (nSPS) is 12.3. The number of nitrogen functional groups attached to an aromatic ring is 1. The van der Waals surface area contributed by atoms with Crippen molar-refractivity contribution in [3.63, 3.8) is 0 Å². The molecule has 1 aromatic rings. The smallest absolute Gasteiger partial charge is 0.193 e. The highest BCUT2D eigenvalue weighted by atomic mass is 16.1. The van der Waals surface area contributed by atoms with Gasteiger partial charge in [-0.15, -0.1) is 0 Å². The van der Waals surface area contributed by atoms with Crippen molar-refractivity contribution < 1.29 is 4.79 Å². The summed E-state index contributed by atoms with van der Waals surface area (Å²) in [7, 11) is 0. The molecule has 0 heterocycles. The number of ketones is 1. The van der Waals surface area contributed by atoms with Gasteiger partial charge in [-0.3, -0.25) is 4.79 Å². The van der Waals surface area contributed by atoms with Crippen LogP contribution in [0.15, 0.2) is 60.3 Å². The van der Waals surface area contributed by atoms with E-state index >= 15 is 0 Å². The van der Waals surface area contributed by atoms with Crippen molar-refractivity contribution in [2.45, 2.75) is 6.92 Å². The third-order valence-corrected chi connectivity index (χ3v) is 2.09. The number of carbonyl (C=O) groups is 1. The minimum atomic E-state index is -0.123. The van der Waals surface area contributed by atoms with Crippen LogP contribution in [-0.4, -0.2) is 5.78 Å². The van der Waals surface area contributed by atoms with Crippen molar-refractivity contribution in [1.29, 1.82) is 0 Å². The Kier molecular flexibility index (Phi) is 4.29. The number of benzene rings is 1. The van der Waals surface area contributed by atoms with E-state index in [1.807, 2.05) is 0 Å². The quantitative estimate of drug-likeness (QED) is 0.360. The maximum Gasteiger partial charge on any atom is 0.193 e. The zero-order valence-electron chi connectivity index (χ0n) is 9.81. The summed E-state index contributed by atoms with van der Waals surface area (Å²) in [5.74, 6) is -0.123. The van der Waals surface area contributed by atoms with Gasteiger partial charge in [-0.2, -0.15) is 0 Å². The maximum atomic E-state index is 12.2. The molecule has 17 heavy (non-hydrogen) atoms. The summed E-state index contributed by atoms with van der Waals surface area (Å²) in [5, 5.41) is 0. The Bertz CT molecular complexity index is 495. The molecule has 3 heteroatoms. The van der Waals surface area contributed by atoms with Gasteiger partial charge in [0.25, 0.3) is 0 Å². The van der Waals surface area contributed by atoms with Gasteiger partial charge in [-0.05, 0) is 25.1 Å². The van der Waals surface area contributed by atoms with Crippen LogP contribution < -0.4 is 11.5 Å². The van der Waals surface area contributed by atoms with Gasteiger partial charge in [0.2, 0.25) is 0 Å².